The Morgan fingerprint density at radius 2 is 1.67 bits per heavy atom. The first kappa shape index (κ1) is 27.6. The number of rotatable bonds is 3. The van der Waals surface area contributed by atoms with Gasteiger partial charge in [0.25, 0.3) is 0 Å². The second-order valence-corrected chi connectivity index (χ2v) is 9.38. The zero-order valence-corrected chi connectivity index (χ0v) is 23.4. The smallest absolute Gasteiger partial charge is 0.0533 e. The van der Waals surface area contributed by atoms with Gasteiger partial charge in [-0.05, 0) is 68.0 Å². The lowest BCUT2D eigenvalue weighted by molar-refractivity contribution is 0.617. The van der Waals surface area contributed by atoms with Gasteiger partial charge in [0.15, 0.2) is 0 Å². The van der Waals surface area contributed by atoms with Crippen molar-refractivity contribution in [2.24, 2.45) is 10.8 Å². The molecule has 2 unspecified atom stereocenters. The van der Waals surface area contributed by atoms with E-state index in [2.05, 4.69) is 116 Å². The lowest BCUT2D eigenvalue weighted by atomic mass is 9.84. The first-order valence-electron chi connectivity index (χ1n) is 14.2. The van der Waals surface area contributed by atoms with Crippen molar-refractivity contribution in [1.82, 2.24) is 0 Å². The fraction of sp³-hybridized carbons (Fsp3) is 0.400. The number of benzene rings is 1. The van der Waals surface area contributed by atoms with Crippen LogP contribution in [0.25, 0.3) is 6.08 Å². The third kappa shape index (κ3) is 5.09. The Labute approximate surface area is 220 Å². The van der Waals surface area contributed by atoms with Crippen LogP contribution in [0.1, 0.15) is 84.8 Å². The molecule has 0 heterocycles. The van der Waals surface area contributed by atoms with Crippen LogP contribution in [-0.2, 0) is 6.42 Å². The number of allylic oxidation sites excluding steroid dienone is 10. The summed E-state index contributed by atoms with van der Waals surface area (Å²) < 4.78 is 0. The van der Waals surface area contributed by atoms with Crippen LogP contribution < -0.4 is 4.90 Å². The monoisotopic (exact) mass is 479 g/mol. The number of anilines is 1. The Balaban J connectivity index is 0.000000473. The summed E-state index contributed by atoms with van der Waals surface area (Å²) in [5.41, 5.74) is 10.3. The highest BCUT2D eigenvalue weighted by Crippen LogP contribution is 2.73. The van der Waals surface area contributed by atoms with E-state index in [1.807, 2.05) is 27.7 Å². The highest BCUT2D eigenvalue weighted by Gasteiger charge is 2.67. The topological polar surface area (TPSA) is 3.24 Å². The van der Waals surface area contributed by atoms with Gasteiger partial charge in [-0.25, -0.2) is 0 Å². The van der Waals surface area contributed by atoms with E-state index in [0.29, 0.717) is 0 Å². The van der Waals surface area contributed by atoms with E-state index in [1.165, 1.54) is 34.6 Å². The van der Waals surface area contributed by atoms with Crippen LogP contribution in [-0.4, -0.2) is 0 Å². The van der Waals surface area contributed by atoms with Crippen molar-refractivity contribution in [3.63, 3.8) is 0 Å². The molecule has 0 amide bonds. The average Bonchev–Trinajstić information content (AvgIpc) is 3.66. The Kier molecular flexibility index (Phi) is 9.80. The first-order valence-corrected chi connectivity index (χ1v) is 14.2. The van der Waals surface area contributed by atoms with E-state index in [4.69, 9.17) is 0 Å². The maximum atomic E-state index is 3.44. The average molecular weight is 480 g/mol. The van der Waals surface area contributed by atoms with E-state index in [1.54, 1.807) is 0 Å². The van der Waals surface area contributed by atoms with E-state index < -0.39 is 0 Å². The fourth-order valence-electron chi connectivity index (χ4n) is 5.49. The Bertz CT molecular complexity index is 1150. The van der Waals surface area contributed by atoms with Gasteiger partial charge in [-0.15, -0.1) is 5.73 Å². The van der Waals surface area contributed by atoms with Crippen LogP contribution in [0.2, 0.25) is 0 Å². The van der Waals surface area contributed by atoms with Gasteiger partial charge < -0.3 is 4.90 Å². The van der Waals surface area contributed by atoms with Crippen molar-refractivity contribution in [2.75, 3.05) is 4.90 Å². The summed E-state index contributed by atoms with van der Waals surface area (Å²) >= 11 is 0. The minimum Gasteiger partial charge on any atom is -0.313 e. The molecule has 0 aromatic heterocycles. The number of fused-ring (bicyclic) bond motifs is 1. The molecular weight excluding hydrogens is 434 g/mol. The first-order chi connectivity index (χ1) is 17.7. The van der Waals surface area contributed by atoms with Gasteiger partial charge in [0, 0.05) is 27.8 Å². The summed E-state index contributed by atoms with van der Waals surface area (Å²) in [4.78, 5) is 2.53. The molecule has 5 aliphatic rings. The molecule has 1 nitrogen and oxygen atoms in total. The highest BCUT2D eigenvalue weighted by molar-refractivity contribution is 5.78. The Hall–Kier alpha value is -3.02. The summed E-state index contributed by atoms with van der Waals surface area (Å²) in [7, 11) is 0. The minimum atomic E-state index is 0.0228. The molecule has 36 heavy (non-hydrogen) atoms. The van der Waals surface area contributed by atoms with Gasteiger partial charge in [0.05, 0.1) is 5.69 Å². The van der Waals surface area contributed by atoms with Crippen LogP contribution in [0.3, 0.4) is 0 Å². The Morgan fingerprint density at radius 1 is 0.917 bits per heavy atom. The second-order valence-electron chi connectivity index (χ2n) is 9.38. The van der Waals surface area contributed by atoms with Crippen LogP contribution in [0.5, 0.6) is 0 Å². The van der Waals surface area contributed by atoms with E-state index >= 15 is 0 Å². The summed E-state index contributed by atoms with van der Waals surface area (Å²) in [6.45, 7) is 12.2. The van der Waals surface area contributed by atoms with Gasteiger partial charge in [-0.1, -0.05) is 109 Å². The molecule has 0 saturated heterocycles. The van der Waals surface area contributed by atoms with E-state index in [-0.39, 0.29) is 10.8 Å². The lowest BCUT2D eigenvalue weighted by Gasteiger charge is -2.37. The molecular formula is C35H45N. The molecule has 1 aromatic rings. The van der Waals surface area contributed by atoms with Gasteiger partial charge in [0.2, 0.25) is 0 Å². The molecule has 1 heteroatoms. The molecule has 0 aliphatic heterocycles. The zero-order valence-electron chi connectivity index (χ0n) is 23.4. The van der Waals surface area contributed by atoms with Crippen LogP contribution in [0, 0.1) is 10.8 Å². The quantitative estimate of drug-likeness (QED) is 0.390. The molecule has 0 radical (unpaired) electrons. The summed E-state index contributed by atoms with van der Waals surface area (Å²) in [5.74, 6) is 0. The lowest BCUT2D eigenvalue weighted by Crippen LogP contribution is -2.30. The molecule has 1 aromatic carbocycles. The Morgan fingerprint density at radius 3 is 2.42 bits per heavy atom. The summed E-state index contributed by atoms with van der Waals surface area (Å²) in [5, 5.41) is 0. The van der Waals surface area contributed by atoms with Crippen molar-refractivity contribution in [1.29, 1.82) is 0 Å². The predicted octanol–water partition coefficient (Wildman–Crippen LogP) is 10.3. The molecule has 6 rings (SSSR count). The minimum absolute atomic E-state index is 0.0228. The van der Waals surface area contributed by atoms with Crippen LogP contribution >= 0.6 is 0 Å². The predicted molar refractivity (Wildman–Crippen MR) is 160 cm³/mol. The van der Waals surface area contributed by atoms with Gasteiger partial charge >= 0.3 is 0 Å². The maximum Gasteiger partial charge on any atom is 0.0533 e. The third-order valence-corrected chi connectivity index (χ3v) is 7.05. The van der Waals surface area contributed by atoms with Crippen molar-refractivity contribution in [3.05, 3.63) is 113 Å². The van der Waals surface area contributed by atoms with Crippen LogP contribution in [0.4, 0.5) is 5.69 Å². The van der Waals surface area contributed by atoms with E-state index in [0.717, 1.165) is 32.1 Å². The molecule has 0 bridgehead atoms. The van der Waals surface area contributed by atoms with Gasteiger partial charge in [-0.3, -0.25) is 0 Å². The number of hydrogen-bond donors (Lipinski definition) is 0. The summed E-state index contributed by atoms with van der Waals surface area (Å²) in [6, 6.07) is 6.81. The maximum absolute atomic E-state index is 3.44. The molecule has 5 aliphatic carbocycles. The molecule has 2 atom stereocenters. The van der Waals surface area contributed by atoms with Crippen molar-refractivity contribution < 1.29 is 0 Å². The number of nitrogens with zero attached hydrogens (tertiary/aromatic N) is 1. The third-order valence-electron chi connectivity index (χ3n) is 7.05. The number of aryl methyl sites for hydroxylation is 1. The van der Waals surface area contributed by atoms with Gasteiger partial charge in [0.1, 0.15) is 0 Å². The standard InChI is InChI=1S/C28H25N.C3H8.2C2H6/c1-2-13-23(14-3-1)29(25-16-10-12-22-11-4-5-15-24(22)25)26-17-6-7-18-27-19-8-9-20-28(26,27)21-27;1-3-2;2*1-2/h2,5-6,8-10,12-20H,1,3-4,11,21H2;3H2,1-2H3;2*1-2H3. The fourth-order valence-corrected chi connectivity index (χ4v) is 5.49. The van der Waals surface area contributed by atoms with Gasteiger partial charge in [-0.2, -0.15) is 0 Å². The molecule has 1 fully saturated rings. The van der Waals surface area contributed by atoms with Crippen molar-refractivity contribution in [2.45, 2.75) is 80.1 Å². The zero-order chi connectivity index (χ0) is 26.0. The number of hydrogen-bond acceptors (Lipinski definition) is 1. The SMILES string of the molecule is C1=CC=C(N(C2=CCCC=C2)c2cccc3c2C=CCC3)C23C=CC=CC2(C=1)C3.CC.CC.CCC. The largest absolute Gasteiger partial charge is 0.313 e. The molecule has 0 spiro atoms. The normalized spacial score (nSPS) is 25.1. The molecule has 0 N–H and O–H groups in total. The van der Waals surface area contributed by atoms with Crippen molar-refractivity contribution in [3.8, 4) is 0 Å². The molecule has 1 saturated carbocycles. The summed E-state index contributed by atoms with van der Waals surface area (Å²) in [6.07, 6.45) is 34.4. The van der Waals surface area contributed by atoms with Crippen LogP contribution in [0.15, 0.2) is 102 Å². The van der Waals surface area contributed by atoms with E-state index in [9.17, 15) is 0 Å². The molecule has 190 valence electrons. The van der Waals surface area contributed by atoms with Crippen molar-refractivity contribution >= 4 is 11.8 Å². The highest BCUT2D eigenvalue weighted by atomic mass is 15.2. The second kappa shape index (κ2) is 12.8.